The Bertz CT molecular complexity index is 6160. The quantitative estimate of drug-likeness (QED) is 0.0389. The summed E-state index contributed by atoms with van der Waals surface area (Å²) in [5.41, 5.74) is 17.4. The number of aromatic nitrogens is 3. The second-order valence-electron chi connectivity index (χ2n) is 36.9. The van der Waals surface area contributed by atoms with E-state index in [1.807, 2.05) is 84.9 Å². The summed E-state index contributed by atoms with van der Waals surface area (Å²) in [6, 6.07) is 54.8. The van der Waals surface area contributed by atoms with Gasteiger partial charge in [-0.15, -0.1) is 0 Å². The molecule has 0 bridgehead atoms. The van der Waals surface area contributed by atoms with Gasteiger partial charge in [0, 0.05) is 134 Å². The van der Waals surface area contributed by atoms with Gasteiger partial charge in [-0.3, -0.25) is 58.3 Å². The molecule has 3 saturated heterocycles. The van der Waals surface area contributed by atoms with Gasteiger partial charge in [0.25, 0.3) is 0 Å². The number of hydrogen-bond acceptors (Lipinski definition) is 27. The van der Waals surface area contributed by atoms with Crippen LogP contribution in [0.4, 0.5) is 0 Å². The van der Waals surface area contributed by atoms with E-state index in [9.17, 15) is 33.6 Å². The third kappa shape index (κ3) is 27.9. The van der Waals surface area contributed by atoms with Gasteiger partial charge in [0.2, 0.25) is 0 Å². The molecule has 0 amide bonds. The molecule has 1 N–H and O–H groups in total. The minimum absolute atomic E-state index is 0. The van der Waals surface area contributed by atoms with Gasteiger partial charge in [0.05, 0.1) is 85.3 Å². The number of Topliss-reactive ketones (excluding diaryl/α,β-unsaturated/α-hetero) is 6. The maximum absolute atomic E-state index is 12.9. The second kappa shape index (κ2) is 53.7. The molecule has 4 atom stereocenters. The van der Waals surface area contributed by atoms with Crippen molar-refractivity contribution in [1.29, 1.82) is 0 Å². The number of ketones is 6. The molecule has 764 valence electrons. The number of fused-ring (bicyclic) bond motifs is 6. The van der Waals surface area contributed by atoms with Crippen LogP contribution in [0.25, 0.3) is 6.08 Å². The Morgan fingerprint density at radius 3 is 0.986 bits per heavy atom. The number of ether oxygens (including phenoxy) is 12. The molecule has 28 heteroatoms. The van der Waals surface area contributed by atoms with Gasteiger partial charge >= 0.3 is 25.3 Å². The Morgan fingerprint density at radius 1 is 0.340 bits per heavy atom. The molecule has 8 aromatic carbocycles. The number of carbonyl (C=O) groups is 7. The summed E-state index contributed by atoms with van der Waals surface area (Å²) in [7, 11) is 19.3. The van der Waals surface area contributed by atoms with E-state index in [2.05, 4.69) is 90.7 Å². The van der Waals surface area contributed by atoms with Crippen molar-refractivity contribution < 1.29 is 119 Å². The average Bonchev–Trinajstić information content (AvgIpc) is 1.82. The van der Waals surface area contributed by atoms with E-state index in [4.69, 9.17) is 63.6 Å². The normalized spacial score (nSPS) is 17.7. The van der Waals surface area contributed by atoms with Crippen molar-refractivity contribution in [2.75, 3.05) is 125 Å². The first kappa shape index (κ1) is 108. The number of nitrogens with one attached hydrogen (secondary N) is 1. The summed E-state index contributed by atoms with van der Waals surface area (Å²) in [5.74, 6) is 11.5. The fourth-order valence-electron chi connectivity index (χ4n) is 20.6. The topological polar surface area (TPSA) is 322 Å². The number of allylic oxidation sites excluding steroid dienone is 1. The van der Waals surface area contributed by atoms with Crippen LogP contribution in [-0.4, -0.2) is 190 Å². The molecule has 0 radical (unpaired) electrons. The van der Waals surface area contributed by atoms with Crippen molar-refractivity contribution in [2.45, 2.75) is 122 Å². The molecular formula is C116H134N6O21Pt. The van der Waals surface area contributed by atoms with Gasteiger partial charge in [0.1, 0.15) is 6.29 Å². The van der Waals surface area contributed by atoms with Crippen LogP contribution in [0.15, 0.2) is 213 Å². The number of benzene rings is 8. The van der Waals surface area contributed by atoms with Gasteiger partial charge in [-0.05, 0) is 324 Å². The van der Waals surface area contributed by atoms with Crippen molar-refractivity contribution in [2.24, 2.45) is 41.4 Å². The Morgan fingerprint density at radius 2 is 0.639 bits per heavy atom. The van der Waals surface area contributed by atoms with Gasteiger partial charge in [-0.1, -0.05) is 60.7 Å². The van der Waals surface area contributed by atoms with E-state index in [0.717, 1.165) is 194 Å². The van der Waals surface area contributed by atoms with E-state index < -0.39 is 18.5 Å². The molecule has 3 aromatic heterocycles. The zero-order chi connectivity index (χ0) is 102. The predicted octanol–water partition coefficient (Wildman–Crippen LogP) is 19.8. The van der Waals surface area contributed by atoms with E-state index >= 15 is 0 Å². The Labute approximate surface area is 854 Å². The van der Waals surface area contributed by atoms with Crippen molar-refractivity contribution in [3.05, 3.63) is 307 Å². The maximum atomic E-state index is 12.9. The van der Waals surface area contributed by atoms with E-state index in [1.54, 1.807) is 153 Å². The SMILES string of the molecule is COc1cc2c(cc1OC)C(=O)/C(=C/c1ccncc1)C2.COc1cc2c(cc1OC)C(=O)C(CC1CCN(Cc3ccccc3)CC1)C2.COc1cc2c(cc1OC)C(=O)C(CC1CCN(Cc3ccccc3)CC1)C2.COc1cc2c(cc1OC)C(=O)C(CC1CCNCC1)C2.COc1cc2c(cc1OC)C(=O)C(Cc1ccncc1)C2.COc1cc2c(cc1OC)C(=O)CC2.O=Cc1ccncc1.[HH].[HH].[O]=[Pt]=[O]. The molecule has 0 spiro atoms. The number of methoxy groups -OCH3 is 12. The Balaban J connectivity index is 0.000000164. The third-order valence-electron chi connectivity index (χ3n) is 28.3. The number of rotatable bonds is 26. The third-order valence-corrected chi connectivity index (χ3v) is 28.3. The minimum atomic E-state index is -1.92. The molecule has 6 aliphatic carbocycles. The summed E-state index contributed by atoms with van der Waals surface area (Å²) in [6.07, 6.45) is 28.9. The van der Waals surface area contributed by atoms with E-state index in [-0.39, 0.29) is 61.2 Å². The van der Waals surface area contributed by atoms with Crippen molar-refractivity contribution in [3.63, 3.8) is 0 Å². The van der Waals surface area contributed by atoms with Crippen LogP contribution in [0.5, 0.6) is 69.0 Å². The summed E-state index contributed by atoms with van der Waals surface area (Å²) in [4.78, 5) is 102. The predicted molar refractivity (Wildman–Crippen MR) is 548 cm³/mol. The standard InChI is InChI=1S/2C24H29NO3.C17H23NO3.C17H17NO3.C17H15NO3.C11H12O3.C6H5NO.2O.Pt.2H2/c2*1-27-22-14-19-13-20(24(26)21(19)15-23(22)28-2)12-17-8-10-25(11-9-17)16-18-6-4-3-5-7-18;3*1-20-15-9-12-8-13(7-11-3-5-18-6-4-11)17(19)14(12)10-16(15)21-2;1-13-10-5-7-3-4-9(12)8(7)6-11(10)14-2;8-5-6-1-3-7-4-2-6;;;;;/h2*3-7,14-15,17,20H,8-13,16H2,1-2H3;9-11,13,18H,3-8H2,1-2H3;3-6,9-10,13H,7-8H2,1-2H3;3-7,9-10H,8H2,1-2H3;5-6H,3-4H2,1-2H3;1-5H;;;;2*1H/b;;;;13-7+;;;;;;;. The monoisotopic (exact) mass is 2140 g/mol. The Hall–Kier alpha value is -13.6. The fourth-order valence-corrected chi connectivity index (χ4v) is 20.6. The average molecular weight is 2140 g/mol. The number of hydrogen-bond donors (Lipinski definition) is 1. The van der Waals surface area contributed by atoms with E-state index in [0.29, 0.717) is 111 Å². The molecule has 3 fully saturated rings. The molecule has 0 saturated carbocycles. The van der Waals surface area contributed by atoms with Crippen molar-refractivity contribution >= 4 is 47.1 Å². The molecule has 9 aliphatic rings. The molecule has 144 heavy (non-hydrogen) atoms. The van der Waals surface area contributed by atoms with E-state index in [1.165, 1.54) is 49.7 Å². The summed E-state index contributed by atoms with van der Waals surface area (Å²) in [6.45, 7) is 8.70. The molecular weight excluding hydrogens is 2010 g/mol. The molecule has 27 nitrogen and oxygen atoms in total. The summed E-state index contributed by atoms with van der Waals surface area (Å²) in [5, 5.41) is 3.38. The zero-order valence-electron chi connectivity index (χ0n) is 84.1. The van der Waals surface area contributed by atoms with Crippen molar-refractivity contribution in [1.82, 2.24) is 30.1 Å². The zero-order valence-corrected chi connectivity index (χ0v) is 86.4. The number of pyridine rings is 3. The van der Waals surface area contributed by atoms with Crippen LogP contribution in [0.2, 0.25) is 0 Å². The van der Waals surface area contributed by atoms with Crippen LogP contribution in [0, 0.1) is 41.4 Å². The first-order chi connectivity index (χ1) is 70.1. The number of aryl methyl sites for hydroxylation is 1. The molecule has 11 aromatic rings. The van der Waals surface area contributed by atoms with Crippen LogP contribution in [0.1, 0.15) is 195 Å². The first-order valence-electron chi connectivity index (χ1n) is 48.8. The summed E-state index contributed by atoms with van der Waals surface area (Å²) >= 11 is -1.92. The van der Waals surface area contributed by atoms with Crippen LogP contribution in [0.3, 0.4) is 0 Å². The Kier molecular flexibility index (Phi) is 40.1. The first-order valence-corrected chi connectivity index (χ1v) is 50.7. The van der Waals surface area contributed by atoms with Gasteiger partial charge in [0.15, 0.2) is 104 Å². The van der Waals surface area contributed by atoms with Gasteiger partial charge in [-0.25, -0.2) is 0 Å². The number of aldehydes is 1. The van der Waals surface area contributed by atoms with Gasteiger partial charge in [-0.2, -0.15) is 0 Å². The van der Waals surface area contributed by atoms with Crippen LogP contribution in [-0.2, 0) is 83.3 Å². The molecule has 4 unspecified atom stereocenters. The van der Waals surface area contributed by atoms with Crippen molar-refractivity contribution in [3.8, 4) is 69.0 Å². The number of piperidine rings is 3. The second-order valence-corrected chi connectivity index (χ2v) is 37.3. The number of likely N-dealkylation sites (tertiary alicyclic amines) is 2. The molecule has 3 aliphatic heterocycles. The number of carbonyl (C=O) groups excluding carboxylic acids is 7. The molecule has 6 heterocycles. The van der Waals surface area contributed by atoms with Crippen LogP contribution >= 0.6 is 0 Å². The fraction of sp³-hybridized carbons (Fsp3) is 0.379. The van der Waals surface area contributed by atoms with Crippen LogP contribution < -0.4 is 62.2 Å². The molecule has 20 rings (SSSR count). The van der Waals surface area contributed by atoms with Gasteiger partial charge < -0.3 is 62.2 Å². The summed E-state index contributed by atoms with van der Waals surface area (Å²) < 4.78 is 80.6. The number of nitrogens with zero attached hydrogens (tertiary/aromatic N) is 5.